The second-order valence-corrected chi connectivity index (χ2v) is 2.92. The van der Waals surface area contributed by atoms with Gasteiger partial charge < -0.3 is 0 Å². The highest BCUT2D eigenvalue weighted by molar-refractivity contribution is 7.77. The number of carbonyl (C=O) groups excluding carboxylic acids is 2. The summed E-state index contributed by atoms with van der Waals surface area (Å²) in [5.41, 5.74) is 0. The van der Waals surface area contributed by atoms with Crippen molar-refractivity contribution < 1.29 is 18.0 Å². The molecule has 0 aromatic carbocycles. The molecule has 0 saturated heterocycles. The maximum Gasteiger partial charge on any atom is 0.226 e. The van der Waals surface area contributed by atoms with Crippen LogP contribution in [-0.2, 0) is 20.3 Å². The molecule has 0 fully saturated rings. The summed E-state index contributed by atoms with van der Waals surface area (Å²) in [6.07, 6.45) is 2.87. The SMILES string of the molecule is O=C1C=CC([SH](=O)=O)=CC1=O. The number of ketones is 2. The Balaban J connectivity index is 3.07. The van der Waals surface area contributed by atoms with E-state index < -0.39 is 22.3 Å². The summed E-state index contributed by atoms with van der Waals surface area (Å²) in [5.74, 6) is -1.48. The van der Waals surface area contributed by atoms with E-state index in [1.54, 1.807) is 0 Å². The molecule has 1 aliphatic rings. The Hall–Kier alpha value is -1.23. The van der Waals surface area contributed by atoms with Crippen LogP contribution in [0.25, 0.3) is 0 Å². The predicted molar refractivity (Wildman–Crippen MR) is 37.6 cm³/mol. The molecule has 0 aromatic rings. The maximum absolute atomic E-state index is 10.6. The molecule has 0 aromatic heterocycles. The fourth-order valence-electron chi connectivity index (χ4n) is 0.610. The lowest BCUT2D eigenvalue weighted by Crippen LogP contribution is -2.11. The van der Waals surface area contributed by atoms with Crippen LogP contribution in [0.1, 0.15) is 0 Å². The van der Waals surface area contributed by atoms with Gasteiger partial charge in [-0.25, -0.2) is 8.42 Å². The molecular weight excluding hydrogens is 168 g/mol. The van der Waals surface area contributed by atoms with Gasteiger partial charge in [-0.1, -0.05) is 0 Å². The van der Waals surface area contributed by atoms with Crippen LogP contribution in [0.3, 0.4) is 0 Å². The van der Waals surface area contributed by atoms with Crippen molar-refractivity contribution in [2.75, 3.05) is 0 Å². The van der Waals surface area contributed by atoms with E-state index in [4.69, 9.17) is 0 Å². The summed E-state index contributed by atoms with van der Waals surface area (Å²) < 4.78 is 20.5. The quantitative estimate of drug-likeness (QED) is 0.319. The topological polar surface area (TPSA) is 68.3 Å². The Bertz CT molecular complexity index is 338. The third-order valence-corrected chi connectivity index (χ3v) is 1.84. The van der Waals surface area contributed by atoms with Crippen LogP contribution in [0, 0.1) is 0 Å². The van der Waals surface area contributed by atoms with E-state index in [2.05, 4.69) is 0 Å². The van der Waals surface area contributed by atoms with Crippen LogP contribution in [0.15, 0.2) is 23.1 Å². The molecule has 0 radical (unpaired) electrons. The molecule has 0 bridgehead atoms. The zero-order chi connectivity index (χ0) is 8.43. The standard InChI is InChI=1S/C6H4O4S/c7-5-2-1-4(11(9)10)3-6(5)8/h1-3,11H. The number of allylic oxidation sites excluding steroid dienone is 3. The lowest BCUT2D eigenvalue weighted by molar-refractivity contribution is -0.131. The third kappa shape index (κ3) is 1.62. The first-order valence-electron chi connectivity index (χ1n) is 2.74. The van der Waals surface area contributed by atoms with Crippen molar-refractivity contribution >= 4 is 22.3 Å². The van der Waals surface area contributed by atoms with Crippen LogP contribution in [-0.4, -0.2) is 20.0 Å². The van der Waals surface area contributed by atoms with Crippen molar-refractivity contribution in [1.29, 1.82) is 0 Å². The Labute approximate surface area is 64.2 Å². The zero-order valence-corrected chi connectivity index (χ0v) is 6.21. The van der Waals surface area contributed by atoms with E-state index in [-0.39, 0.29) is 4.91 Å². The van der Waals surface area contributed by atoms with E-state index in [9.17, 15) is 18.0 Å². The first kappa shape index (κ1) is 7.87. The van der Waals surface area contributed by atoms with E-state index in [0.717, 1.165) is 18.2 Å². The maximum atomic E-state index is 10.6. The van der Waals surface area contributed by atoms with Crippen LogP contribution in [0.4, 0.5) is 0 Å². The van der Waals surface area contributed by atoms with Crippen LogP contribution >= 0.6 is 0 Å². The Morgan fingerprint density at radius 1 is 1.00 bits per heavy atom. The van der Waals surface area contributed by atoms with Gasteiger partial charge in [-0.15, -0.1) is 0 Å². The second-order valence-electron chi connectivity index (χ2n) is 1.89. The summed E-state index contributed by atoms with van der Waals surface area (Å²) in [7, 11) is -2.76. The molecule has 4 nitrogen and oxygen atoms in total. The summed E-state index contributed by atoms with van der Waals surface area (Å²) in [4.78, 5) is 20.9. The lowest BCUT2D eigenvalue weighted by atomic mass is 10.1. The second kappa shape index (κ2) is 2.79. The zero-order valence-electron chi connectivity index (χ0n) is 5.31. The fraction of sp³-hybridized carbons (Fsp3) is 0. The summed E-state index contributed by atoms with van der Waals surface area (Å²) >= 11 is 0. The van der Waals surface area contributed by atoms with Crippen molar-refractivity contribution in [3.63, 3.8) is 0 Å². The number of rotatable bonds is 1. The lowest BCUT2D eigenvalue weighted by Gasteiger charge is -1.95. The summed E-state index contributed by atoms with van der Waals surface area (Å²) in [5, 5.41) is 0. The first-order chi connectivity index (χ1) is 5.11. The van der Waals surface area contributed by atoms with Crippen molar-refractivity contribution in [1.82, 2.24) is 0 Å². The van der Waals surface area contributed by atoms with Gasteiger partial charge >= 0.3 is 0 Å². The van der Waals surface area contributed by atoms with Crippen LogP contribution < -0.4 is 0 Å². The molecule has 5 heteroatoms. The highest BCUT2D eigenvalue weighted by Gasteiger charge is 2.13. The van der Waals surface area contributed by atoms with Gasteiger partial charge in [0.05, 0.1) is 4.91 Å². The minimum absolute atomic E-state index is 0.121. The monoisotopic (exact) mass is 172 g/mol. The fourth-order valence-corrected chi connectivity index (χ4v) is 1.03. The molecule has 1 aliphatic carbocycles. The van der Waals surface area contributed by atoms with E-state index in [0.29, 0.717) is 0 Å². The van der Waals surface area contributed by atoms with Crippen LogP contribution in [0.2, 0.25) is 0 Å². The average molecular weight is 172 g/mol. The highest BCUT2D eigenvalue weighted by atomic mass is 32.2. The van der Waals surface area contributed by atoms with Gasteiger partial charge in [-0.2, -0.15) is 0 Å². The molecule has 0 N–H and O–H groups in total. The Kier molecular flexibility index (Phi) is 2.00. The van der Waals surface area contributed by atoms with Crippen molar-refractivity contribution in [3.8, 4) is 0 Å². The van der Waals surface area contributed by atoms with Crippen molar-refractivity contribution in [2.45, 2.75) is 0 Å². The van der Waals surface area contributed by atoms with Gasteiger partial charge in [0, 0.05) is 6.08 Å². The van der Waals surface area contributed by atoms with E-state index >= 15 is 0 Å². The Morgan fingerprint density at radius 2 is 1.64 bits per heavy atom. The molecule has 58 valence electrons. The van der Waals surface area contributed by atoms with E-state index in [1.807, 2.05) is 0 Å². The number of hydrogen-bond acceptors (Lipinski definition) is 4. The smallest absolute Gasteiger partial charge is 0.226 e. The Morgan fingerprint density at radius 3 is 2.09 bits per heavy atom. The average Bonchev–Trinajstić information content (AvgIpc) is 1.94. The summed E-state index contributed by atoms with van der Waals surface area (Å²) in [6.45, 7) is 0. The van der Waals surface area contributed by atoms with E-state index in [1.165, 1.54) is 0 Å². The van der Waals surface area contributed by atoms with Gasteiger partial charge in [0.15, 0.2) is 10.7 Å². The van der Waals surface area contributed by atoms with Crippen LogP contribution in [0.5, 0.6) is 0 Å². The molecule has 0 unspecified atom stereocenters. The number of thiol groups is 1. The highest BCUT2D eigenvalue weighted by Crippen LogP contribution is 2.04. The molecule has 0 atom stereocenters. The molecule has 0 amide bonds. The normalized spacial score (nSPS) is 17.4. The van der Waals surface area contributed by atoms with Gasteiger partial charge in [-0.3, -0.25) is 9.59 Å². The molecular formula is C6H4O4S. The number of hydrogen-bond donors (Lipinski definition) is 1. The molecule has 11 heavy (non-hydrogen) atoms. The van der Waals surface area contributed by atoms with Gasteiger partial charge in [0.1, 0.15) is 0 Å². The largest absolute Gasteiger partial charge is 0.286 e. The summed E-state index contributed by atoms with van der Waals surface area (Å²) in [6, 6.07) is 0. The minimum atomic E-state index is -2.76. The molecule has 0 saturated carbocycles. The van der Waals surface area contributed by atoms with Gasteiger partial charge in [-0.05, 0) is 12.2 Å². The van der Waals surface area contributed by atoms with Gasteiger partial charge in [0.2, 0.25) is 11.6 Å². The molecule has 0 heterocycles. The molecule has 1 rings (SSSR count). The first-order valence-corrected chi connectivity index (χ1v) is 3.91. The molecule has 0 aliphatic heterocycles. The number of carbonyl (C=O) groups is 2. The predicted octanol–water partition coefficient (Wildman–Crippen LogP) is -0.810. The minimum Gasteiger partial charge on any atom is -0.286 e. The molecule has 0 spiro atoms. The van der Waals surface area contributed by atoms with Crippen molar-refractivity contribution in [2.24, 2.45) is 0 Å². The third-order valence-electron chi connectivity index (χ3n) is 1.14. The van der Waals surface area contributed by atoms with Crippen molar-refractivity contribution in [3.05, 3.63) is 23.1 Å². The van der Waals surface area contributed by atoms with Gasteiger partial charge in [0.25, 0.3) is 0 Å².